The van der Waals surface area contributed by atoms with Crippen molar-refractivity contribution in [1.82, 2.24) is 14.9 Å². The van der Waals surface area contributed by atoms with E-state index in [1.54, 1.807) is 37.8 Å². The molecule has 0 N–H and O–H groups in total. The van der Waals surface area contributed by atoms with E-state index in [1.165, 1.54) is 0 Å². The number of nitrogens with zero attached hydrogens (tertiary/aromatic N) is 4. The monoisotopic (exact) mass is 396 g/mol. The molecule has 0 spiro atoms. The second-order valence-corrected chi connectivity index (χ2v) is 7.47. The van der Waals surface area contributed by atoms with Gasteiger partial charge in [-0.25, -0.2) is 0 Å². The van der Waals surface area contributed by atoms with E-state index in [0.717, 1.165) is 27.7 Å². The van der Waals surface area contributed by atoms with Crippen LogP contribution in [0.15, 0.2) is 52.7 Å². The lowest BCUT2D eigenvalue weighted by molar-refractivity contribution is 0.395. The van der Waals surface area contributed by atoms with Crippen LogP contribution in [0.5, 0.6) is 17.2 Å². The van der Waals surface area contributed by atoms with Crippen molar-refractivity contribution >= 4 is 17.5 Å². The predicted octanol–water partition coefficient (Wildman–Crippen LogP) is 3.72. The molecule has 0 radical (unpaired) electrons. The zero-order valence-corrected chi connectivity index (χ0v) is 16.9. The van der Waals surface area contributed by atoms with Gasteiger partial charge < -0.3 is 14.2 Å². The minimum absolute atomic E-state index is 0.149. The Balaban J connectivity index is 1.80. The molecule has 144 valence electrons. The average molecular weight is 396 g/mol. The second-order valence-electron chi connectivity index (χ2n) is 6.16. The number of fused-ring (bicyclic) bond motifs is 1. The highest BCUT2D eigenvalue weighted by Gasteiger charge is 2.27. The van der Waals surface area contributed by atoms with Crippen molar-refractivity contribution in [3.8, 4) is 28.6 Å². The van der Waals surface area contributed by atoms with Gasteiger partial charge in [-0.05, 0) is 48.9 Å². The van der Waals surface area contributed by atoms with Crippen LogP contribution in [-0.2, 0) is 0 Å². The molecule has 0 unspecified atom stereocenters. The Labute approximate surface area is 167 Å². The Bertz CT molecular complexity index is 1030. The molecule has 0 bridgehead atoms. The molecule has 4 rings (SSSR count). The van der Waals surface area contributed by atoms with Gasteiger partial charge in [-0.15, -0.1) is 10.2 Å². The zero-order chi connectivity index (χ0) is 19.7. The molecular formula is C20H20N4O3S. The van der Waals surface area contributed by atoms with Crippen LogP contribution < -0.4 is 14.2 Å². The molecule has 8 heteroatoms. The molecule has 0 saturated heterocycles. The van der Waals surface area contributed by atoms with Crippen LogP contribution in [0.3, 0.4) is 0 Å². The van der Waals surface area contributed by atoms with Crippen molar-refractivity contribution < 1.29 is 14.2 Å². The predicted molar refractivity (Wildman–Crippen MR) is 109 cm³/mol. The van der Waals surface area contributed by atoms with Gasteiger partial charge in [0, 0.05) is 6.07 Å². The first-order valence-corrected chi connectivity index (χ1v) is 9.60. The largest absolute Gasteiger partial charge is 0.497 e. The lowest BCUT2D eigenvalue weighted by Gasteiger charge is -2.20. The molecule has 7 nitrogen and oxygen atoms in total. The number of hydrogen-bond donors (Lipinski definition) is 0. The summed E-state index contributed by atoms with van der Waals surface area (Å²) in [6.07, 6.45) is 0. The van der Waals surface area contributed by atoms with E-state index >= 15 is 0 Å². The van der Waals surface area contributed by atoms with Crippen LogP contribution in [0.1, 0.15) is 12.5 Å². The van der Waals surface area contributed by atoms with Crippen LogP contribution in [-0.4, -0.2) is 47.2 Å². The number of hydrogen-bond acceptors (Lipinski definition) is 7. The number of thioether (sulfide) groups is 1. The molecule has 28 heavy (non-hydrogen) atoms. The summed E-state index contributed by atoms with van der Waals surface area (Å²) in [5, 5.41) is 14.4. The fraction of sp³-hybridized carbons (Fsp3) is 0.250. The normalized spacial score (nSPS) is 15.6. The van der Waals surface area contributed by atoms with E-state index in [4.69, 9.17) is 19.3 Å². The van der Waals surface area contributed by atoms with Gasteiger partial charge >= 0.3 is 0 Å². The quantitative estimate of drug-likeness (QED) is 0.655. The third kappa shape index (κ3) is 3.20. The van der Waals surface area contributed by atoms with Crippen molar-refractivity contribution in [3.63, 3.8) is 0 Å². The molecule has 1 aliphatic heterocycles. The summed E-state index contributed by atoms with van der Waals surface area (Å²) in [5.41, 5.74) is 2.79. The Morgan fingerprint density at radius 2 is 1.61 bits per heavy atom. The molecular weight excluding hydrogens is 376 g/mol. The third-order valence-electron chi connectivity index (χ3n) is 4.52. The highest BCUT2D eigenvalue weighted by atomic mass is 32.2. The van der Waals surface area contributed by atoms with E-state index in [2.05, 4.69) is 17.1 Å². The smallest absolute Gasteiger partial charge is 0.213 e. The summed E-state index contributed by atoms with van der Waals surface area (Å²) in [4.78, 5) is 0. The molecule has 3 aromatic rings. The van der Waals surface area contributed by atoms with Gasteiger partial charge in [0.25, 0.3) is 0 Å². The summed E-state index contributed by atoms with van der Waals surface area (Å²) in [6, 6.07) is 13.5. The maximum atomic E-state index is 5.53. The minimum Gasteiger partial charge on any atom is -0.497 e. The maximum absolute atomic E-state index is 5.53. The number of methoxy groups -OCH3 is 3. The Morgan fingerprint density at radius 3 is 2.29 bits per heavy atom. The van der Waals surface area contributed by atoms with Gasteiger partial charge in [0.15, 0.2) is 5.82 Å². The molecule has 0 amide bonds. The highest BCUT2D eigenvalue weighted by Crippen LogP contribution is 2.37. The summed E-state index contributed by atoms with van der Waals surface area (Å²) < 4.78 is 17.8. The molecule has 0 saturated carbocycles. The topological polar surface area (TPSA) is 70.8 Å². The van der Waals surface area contributed by atoms with Crippen LogP contribution >= 0.6 is 11.8 Å². The van der Waals surface area contributed by atoms with Crippen molar-refractivity contribution in [1.29, 1.82) is 0 Å². The first kappa shape index (κ1) is 18.4. The fourth-order valence-electron chi connectivity index (χ4n) is 3.04. The molecule has 0 aliphatic carbocycles. The lowest BCUT2D eigenvalue weighted by Crippen LogP contribution is -2.21. The summed E-state index contributed by atoms with van der Waals surface area (Å²) >= 11 is 1.62. The molecule has 2 aromatic carbocycles. The first-order valence-electron chi connectivity index (χ1n) is 8.72. The number of ether oxygens (including phenoxy) is 3. The Kier molecular flexibility index (Phi) is 4.95. The van der Waals surface area contributed by atoms with Crippen molar-refractivity contribution in [2.24, 2.45) is 5.10 Å². The van der Waals surface area contributed by atoms with Gasteiger partial charge in [-0.1, -0.05) is 11.8 Å². The van der Waals surface area contributed by atoms with E-state index in [1.807, 2.05) is 42.5 Å². The average Bonchev–Trinajstić information content (AvgIpc) is 3.15. The zero-order valence-electron chi connectivity index (χ0n) is 16.0. The lowest BCUT2D eigenvalue weighted by atomic mass is 10.1. The summed E-state index contributed by atoms with van der Waals surface area (Å²) in [6.45, 7) is 2.11. The standard InChI is InChI=1S/C20H20N4O3S/c1-12-18(13-5-7-14(25-2)8-6-13)23-24-19(21-22-20(24)28-12)16-10-9-15(26-3)11-17(16)27-4/h5-12H,1-4H3/t12-/m0/s1. The van der Waals surface area contributed by atoms with E-state index in [9.17, 15) is 0 Å². The van der Waals surface area contributed by atoms with Crippen LogP contribution in [0.25, 0.3) is 11.4 Å². The van der Waals surface area contributed by atoms with E-state index in [-0.39, 0.29) is 5.25 Å². The molecule has 1 aromatic heterocycles. The van der Waals surface area contributed by atoms with Crippen LogP contribution in [0, 0.1) is 0 Å². The van der Waals surface area contributed by atoms with Crippen molar-refractivity contribution in [2.75, 3.05) is 21.3 Å². The Morgan fingerprint density at radius 1 is 0.893 bits per heavy atom. The van der Waals surface area contributed by atoms with Gasteiger partial charge in [0.05, 0.1) is 37.9 Å². The minimum atomic E-state index is 0.149. The van der Waals surface area contributed by atoms with E-state index in [0.29, 0.717) is 17.3 Å². The second kappa shape index (κ2) is 7.55. The number of rotatable bonds is 5. The first-order chi connectivity index (χ1) is 13.6. The van der Waals surface area contributed by atoms with Crippen LogP contribution in [0.4, 0.5) is 0 Å². The van der Waals surface area contributed by atoms with Crippen molar-refractivity contribution in [3.05, 3.63) is 48.0 Å². The SMILES string of the molecule is COc1ccc(C2=Nn3c(nnc3-c3ccc(OC)cc3OC)S[C@H]2C)cc1. The van der Waals surface area contributed by atoms with Crippen molar-refractivity contribution in [2.45, 2.75) is 17.3 Å². The molecule has 1 aliphatic rings. The molecule has 1 atom stereocenters. The van der Waals surface area contributed by atoms with Crippen LogP contribution in [0.2, 0.25) is 0 Å². The van der Waals surface area contributed by atoms with Gasteiger partial charge in [-0.2, -0.15) is 9.78 Å². The summed E-state index contributed by atoms with van der Waals surface area (Å²) in [5.74, 6) is 2.80. The Hall–Kier alpha value is -3.00. The molecule has 0 fully saturated rings. The van der Waals surface area contributed by atoms with Gasteiger partial charge in [-0.3, -0.25) is 0 Å². The molecule has 2 heterocycles. The summed E-state index contributed by atoms with van der Waals surface area (Å²) in [7, 11) is 4.90. The highest BCUT2D eigenvalue weighted by molar-refractivity contribution is 8.00. The van der Waals surface area contributed by atoms with E-state index < -0.39 is 0 Å². The fourth-order valence-corrected chi connectivity index (χ4v) is 3.96. The third-order valence-corrected chi connectivity index (χ3v) is 5.56. The van der Waals surface area contributed by atoms with Gasteiger partial charge in [0.2, 0.25) is 5.16 Å². The van der Waals surface area contributed by atoms with Gasteiger partial charge in [0.1, 0.15) is 17.2 Å². The number of benzene rings is 2. The maximum Gasteiger partial charge on any atom is 0.213 e. The number of aromatic nitrogens is 3.